The molecule has 96 valence electrons. The summed E-state index contributed by atoms with van der Waals surface area (Å²) in [6.45, 7) is 2.20. The van der Waals surface area contributed by atoms with E-state index in [2.05, 4.69) is 17.1 Å². The van der Waals surface area contributed by atoms with Gasteiger partial charge in [-0.15, -0.1) is 10.2 Å². The second kappa shape index (κ2) is 8.01. The molecule has 0 radical (unpaired) electrons. The lowest BCUT2D eigenvalue weighted by Crippen LogP contribution is -2.02. The van der Waals surface area contributed by atoms with Crippen molar-refractivity contribution in [2.75, 3.05) is 7.11 Å². The molecule has 1 aromatic rings. The average molecular weight is 238 g/mol. The quantitative estimate of drug-likeness (QED) is 0.707. The lowest BCUT2D eigenvalue weighted by atomic mass is 10.1. The van der Waals surface area contributed by atoms with E-state index in [9.17, 15) is 5.11 Å². The van der Waals surface area contributed by atoms with E-state index in [0.29, 0.717) is 11.6 Å². The molecule has 0 aliphatic heterocycles. The van der Waals surface area contributed by atoms with Crippen LogP contribution >= 0.6 is 0 Å². The second-order valence-corrected chi connectivity index (χ2v) is 4.22. The van der Waals surface area contributed by atoms with Gasteiger partial charge >= 0.3 is 0 Å². The van der Waals surface area contributed by atoms with Crippen molar-refractivity contribution in [3.8, 4) is 5.88 Å². The summed E-state index contributed by atoms with van der Waals surface area (Å²) >= 11 is 0. The van der Waals surface area contributed by atoms with Crippen LogP contribution in [0.25, 0.3) is 0 Å². The molecule has 1 rings (SSSR count). The van der Waals surface area contributed by atoms with Crippen LogP contribution in [0.3, 0.4) is 0 Å². The van der Waals surface area contributed by atoms with Crippen molar-refractivity contribution in [2.24, 2.45) is 0 Å². The molecule has 0 aromatic carbocycles. The van der Waals surface area contributed by atoms with Gasteiger partial charge in [-0.25, -0.2) is 0 Å². The number of nitrogens with zero attached hydrogens (tertiary/aromatic N) is 2. The predicted molar refractivity (Wildman–Crippen MR) is 66.9 cm³/mol. The Balaban J connectivity index is 2.28. The first-order valence-corrected chi connectivity index (χ1v) is 6.33. The van der Waals surface area contributed by atoms with E-state index in [1.807, 2.05) is 0 Å². The molecule has 0 aliphatic carbocycles. The van der Waals surface area contributed by atoms with Gasteiger partial charge in [-0.05, 0) is 12.5 Å². The third-order valence-electron chi connectivity index (χ3n) is 2.79. The van der Waals surface area contributed by atoms with Crippen LogP contribution in [0.15, 0.2) is 12.1 Å². The Labute approximate surface area is 103 Å². The third-order valence-corrected chi connectivity index (χ3v) is 2.79. The maximum Gasteiger partial charge on any atom is 0.233 e. The first-order valence-electron chi connectivity index (χ1n) is 6.33. The van der Waals surface area contributed by atoms with Crippen LogP contribution in [0.4, 0.5) is 0 Å². The summed E-state index contributed by atoms with van der Waals surface area (Å²) in [5.74, 6) is 0.476. The fourth-order valence-electron chi connectivity index (χ4n) is 1.71. The van der Waals surface area contributed by atoms with Crippen molar-refractivity contribution in [1.82, 2.24) is 10.2 Å². The Morgan fingerprint density at radius 1 is 1.18 bits per heavy atom. The molecule has 0 aliphatic rings. The normalized spacial score (nSPS) is 12.4. The molecule has 1 N–H and O–H groups in total. The number of hydrogen-bond donors (Lipinski definition) is 1. The van der Waals surface area contributed by atoms with Gasteiger partial charge in [0.05, 0.1) is 18.9 Å². The van der Waals surface area contributed by atoms with Crippen molar-refractivity contribution < 1.29 is 9.84 Å². The third kappa shape index (κ3) is 5.13. The first-order chi connectivity index (χ1) is 8.27. The van der Waals surface area contributed by atoms with E-state index in [-0.39, 0.29) is 0 Å². The molecule has 0 saturated heterocycles. The molecule has 0 spiro atoms. The number of aliphatic hydroxyl groups is 1. The van der Waals surface area contributed by atoms with Gasteiger partial charge in [0, 0.05) is 6.07 Å². The SMILES string of the molecule is CCCCCCCC(O)c1ccc(OC)nn1. The maximum atomic E-state index is 9.90. The summed E-state index contributed by atoms with van der Waals surface area (Å²) < 4.78 is 4.92. The van der Waals surface area contributed by atoms with Crippen LogP contribution in [0.2, 0.25) is 0 Å². The molecule has 0 fully saturated rings. The van der Waals surface area contributed by atoms with Gasteiger partial charge in [-0.2, -0.15) is 0 Å². The number of rotatable bonds is 8. The lowest BCUT2D eigenvalue weighted by Gasteiger charge is -2.09. The highest BCUT2D eigenvalue weighted by molar-refractivity contribution is 5.12. The van der Waals surface area contributed by atoms with Gasteiger partial charge in [0.1, 0.15) is 0 Å². The topological polar surface area (TPSA) is 55.2 Å². The molecule has 1 unspecified atom stereocenters. The minimum atomic E-state index is -0.505. The fourth-order valence-corrected chi connectivity index (χ4v) is 1.71. The zero-order valence-corrected chi connectivity index (χ0v) is 10.7. The molecular weight excluding hydrogens is 216 g/mol. The van der Waals surface area contributed by atoms with E-state index in [1.54, 1.807) is 19.2 Å². The summed E-state index contributed by atoms with van der Waals surface area (Å²) in [6.07, 6.45) is 6.23. The van der Waals surface area contributed by atoms with E-state index < -0.39 is 6.10 Å². The van der Waals surface area contributed by atoms with E-state index in [0.717, 1.165) is 12.8 Å². The second-order valence-electron chi connectivity index (χ2n) is 4.22. The average Bonchev–Trinajstić information content (AvgIpc) is 2.38. The Morgan fingerprint density at radius 3 is 2.53 bits per heavy atom. The number of aliphatic hydroxyl groups excluding tert-OH is 1. The van der Waals surface area contributed by atoms with Gasteiger partial charge in [0.25, 0.3) is 0 Å². The summed E-state index contributed by atoms with van der Waals surface area (Å²) in [6, 6.07) is 3.49. The number of methoxy groups -OCH3 is 1. The van der Waals surface area contributed by atoms with E-state index in [1.165, 1.54) is 25.7 Å². The van der Waals surface area contributed by atoms with Crippen molar-refractivity contribution in [1.29, 1.82) is 0 Å². The zero-order chi connectivity index (χ0) is 12.5. The summed E-state index contributed by atoms with van der Waals surface area (Å²) in [4.78, 5) is 0. The van der Waals surface area contributed by atoms with Gasteiger partial charge in [-0.3, -0.25) is 0 Å². The number of ether oxygens (including phenoxy) is 1. The molecule has 0 saturated carbocycles. The van der Waals surface area contributed by atoms with Crippen LogP contribution in [0, 0.1) is 0 Å². The van der Waals surface area contributed by atoms with Gasteiger partial charge in [-0.1, -0.05) is 39.0 Å². The van der Waals surface area contributed by atoms with E-state index in [4.69, 9.17) is 4.74 Å². The van der Waals surface area contributed by atoms with Crippen LogP contribution in [-0.2, 0) is 0 Å². The number of aromatic nitrogens is 2. The number of hydrogen-bond acceptors (Lipinski definition) is 4. The smallest absolute Gasteiger partial charge is 0.233 e. The minimum Gasteiger partial charge on any atom is -0.480 e. The summed E-state index contributed by atoms with van der Waals surface area (Å²) in [7, 11) is 1.55. The maximum absolute atomic E-state index is 9.90. The van der Waals surface area contributed by atoms with E-state index >= 15 is 0 Å². The molecular formula is C13H22N2O2. The van der Waals surface area contributed by atoms with Crippen LogP contribution in [0.5, 0.6) is 5.88 Å². The minimum absolute atomic E-state index is 0.476. The molecule has 0 bridgehead atoms. The highest BCUT2D eigenvalue weighted by atomic mass is 16.5. The fraction of sp³-hybridized carbons (Fsp3) is 0.692. The molecule has 4 nitrogen and oxygen atoms in total. The van der Waals surface area contributed by atoms with Crippen LogP contribution in [-0.4, -0.2) is 22.4 Å². The van der Waals surface area contributed by atoms with Crippen molar-refractivity contribution in [3.63, 3.8) is 0 Å². The predicted octanol–water partition coefficient (Wildman–Crippen LogP) is 2.88. The molecule has 0 amide bonds. The highest BCUT2D eigenvalue weighted by Gasteiger charge is 2.09. The molecule has 1 aromatic heterocycles. The Morgan fingerprint density at radius 2 is 1.94 bits per heavy atom. The Hall–Kier alpha value is -1.16. The van der Waals surface area contributed by atoms with Crippen LogP contribution < -0.4 is 4.74 Å². The molecule has 17 heavy (non-hydrogen) atoms. The van der Waals surface area contributed by atoms with Crippen molar-refractivity contribution >= 4 is 0 Å². The lowest BCUT2D eigenvalue weighted by molar-refractivity contribution is 0.157. The van der Waals surface area contributed by atoms with Crippen molar-refractivity contribution in [2.45, 2.75) is 51.6 Å². The number of unbranched alkanes of at least 4 members (excludes halogenated alkanes) is 4. The van der Waals surface area contributed by atoms with Gasteiger partial charge in [0.2, 0.25) is 5.88 Å². The molecule has 1 atom stereocenters. The van der Waals surface area contributed by atoms with Crippen molar-refractivity contribution in [3.05, 3.63) is 17.8 Å². The standard InChI is InChI=1S/C13H22N2O2/c1-3-4-5-6-7-8-12(16)11-9-10-13(17-2)15-14-11/h9-10,12,16H,3-8H2,1-2H3. The summed E-state index contributed by atoms with van der Waals surface area (Å²) in [5.41, 5.74) is 0.626. The molecule has 1 heterocycles. The van der Waals surface area contributed by atoms with Crippen LogP contribution in [0.1, 0.15) is 57.2 Å². The molecule has 4 heteroatoms. The summed E-state index contributed by atoms with van der Waals surface area (Å²) in [5, 5.41) is 17.7. The van der Waals surface area contributed by atoms with Gasteiger partial charge in [0.15, 0.2) is 0 Å². The zero-order valence-electron chi connectivity index (χ0n) is 10.7. The first kappa shape index (κ1) is 13.9. The largest absolute Gasteiger partial charge is 0.480 e. The Bertz CT molecular complexity index is 301. The Kier molecular flexibility index (Phi) is 6.55. The highest BCUT2D eigenvalue weighted by Crippen LogP contribution is 2.18. The van der Waals surface area contributed by atoms with Gasteiger partial charge < -0.3 is 9.84 Å². The monoisotopic (exact) mass is 238 g/mol.